The Labute approximate surface area is 120 Å². The van der Waals surface area contributed by atoms with E-state index in [4.69, 9.17) is 5.73 Å². The summed E-state index contributed by atoms with van der Waals surface area (Å²) >= 11 is 0. The summed E-state index contributed by atoms with van der Waals surface area (Å²) in [5.74, 6) is -0.466. The molecule has 0 unspecified atom stereocenters. The summed E-state index contributed by atoms with van der Waals surface area (Å²) in [5.41, 5.74) is 5.47. The lowest BCUT2D eigenvalue weighted by Crippen LogP contribution is -2.49. The molecule has 0 aromatic rings. The van der Waals surface area contributed by atoms with Gasteiger partial charge in [-0.1, -0.05) is 13.8 Å². The van der Waals surface area contributed by atoms with Crippen LogP contribution < -0.4 is 5.73 Å². The van der Waals surface area contributed by atoms with Gasteiger partial charge in [0.2, 0.25) is 5.91 Å². The van der Waals surface area contributed by atoms with Crippen molar-refractivity contribution in [3.8, 4) is 0 Å². The first kappa shape index (κ1) is 15.3. The molecule has 0 radical (unpaired) electrons. The molecule has 1 amide bonds. The zero-order valence-corrected chi connectivity index (χ0v) is 12.5. The molecule has 0 spiro atoms. The Morgan fingerprint density at radius 2 is 1.85 bits per heavy atom. The fourth-order valence-electron chi connectivity index (χ4n) is 3.61. The first-order valence-electron chi connectivity index (χ1n) is 7.62. The van der Waals surface area contributed by atoms with Crippen molar-refractivity contribution in [2.45, 2.75) is 39.5 Å². The molecule has 1 saturated heterocycles. The molecule has 20 heavy (non-hydrogen) atoms. The predicted octanol–water partition coefficient (Wildman–Crippen LogP) is 1.32. The molecule has 2 fully saturated rings. The van der Waals surface area contributed by atoms with Gasteiger partial charge in [0.25, 0.3) is 0 Å². The van der Waals surface area contributed by atoms with Crippen molar-refractivity contribution in [3.63, 3.8) is 0 Å². The summed E-state index contributed by atoms with van der Waals surface area (Å²) in [6.07, 6.45) is 3.75. The zero-order chi connectivity index (χ0) is 14.9. The summed E-state index contributed by atoms with van der Waals surface area (Å²) in [7, 11) is 0. The van der Waals surface area contributed by atoms with Crippen LogP contribution in [0.4, 0.5) is 0 Å². The summed E-state index contributed by atoms with van der Waals surface area (Å²) in [5, 5.41) is 9.19. The Hall–Kier alpha value is -1.10. The van der Waals surface area contributed by atoms with Crippen molar-refractivity contribution in [3.05, 3.63) is 0 Å². The number of nitrogens with zero attached hydrogens (tertiary/aromatic N) is 1. The molecular formula is C15H26N2O3. The number of aliphatic carboxylic acids is 1. The highest BCUT2D eigenvalue weighted by Gasteiger charge is 2.46. The highest BCUT2D eigenvalue weighted by Crippen LogP contribution is 2.41. The van der Waals surface area contributed by atoms with Gasteiger partial charge in [0.15, 0.2) is 0 Å². The number of nitrogens with two attached hydrogens (primary N) is 1. The van der Waals surface area contributed by atoms with Gasteiger partial charge in [-0.25, -0.2) is 0 Å². The second-order valence-electron chi connectivity index (χ2n) is 6.80. The SMILES string of the molecule is CC1CCC(CN)(C(=O)N2C[C@@H](C)[C@H](C(=O)O)C2)CC1. The fraction of sp³-hybridized carbons (Fsp3) is 0.867. The lowest BCUT2D eigenvalue weighted by atomic mass is 9.70. The monoisotopic (exact) mass is 282 g/mol. The van der Waals surface area contributed by atoms with Crippen molar-refractivity contribution < 1.29 is 14.7 Å². The van der Waals surface area contributed by atoms with Gasteiger partial charge in [-0.15, -0.1) is 0 Å². The number of amides is 1. The lowest BCUT2D eigenvalue weighted by Gasteiger charge is -2.39. The van der Waals surface area contributed by atoms with Crippen LogP contribution in [0.15, 0.2) is 0 Å². The molecule has 1 heterocycles. The fourth-order valence-corrected chi connectivity index (χ4v) is 3.61. The lowest BCUT2D eigenvalue weighted by molar-refractivity contribution is -0.144. The average Bonchev–Trinajstić information content (AvgIpc) is 2.81. The summed E-state index contributed by atoms with van der Waals surface area (Å²) in [6, 6.07) is 0. The standard InChI is InChI=1S/C15H26N2O3/c1-10-3-5-15(9-16,6-4-10)14(20)17-7-11(2)12(8-17)13(18)19/h10-12H,3-9,16H2,1-2H3,(H,18,19)/t10?,11-,12-,15?/m1/s1. The molecule has 2 aliphatic rings. The van der Waals surface area contributed by atoms with Gasteiger partial charge in [-0.05, 0) is 37.5 Å². The van der Waals surface area contributed by atoms with E-state index in [0.717, 1.165) is 25.7 Å². The van der Waals surface area contributed by atoms with Crippen LogP contribution in [0.5, 0.6) is 0 Å². The molecule has 0 aromatic heterocycles. The topological polar surface area (TPSA) is 83.6 Å². The molecule has 2 rings (SSSR count). The largest absolute Gasteiger partial charge is 0.481 e. The molecule has 0 aromatic carbocycles. The van der Waals surface area contributed by atoms with E-state index in [1.807, 2.05) is 6.92 Å². The number of hydrogen-bond donors (Lipinski definition) is 2. The molecule has 1 saturated carbocycles. The predicted molar refractivity (Wildman–Crippen MR) is 76.0 cm³/mol. The van der Waals surface area contributed by atoms with Gasteiger partial charge in [0.05, 0.1) is 11.3 Å². The first-order valence-corrected chi connectivity index (χ1v) is 7.62. The zero-order valence-electron chi connectivity index (χ0n) is 12.5. The van der Waals surface area contributed by atoms with Crippen LogP contribution in [0.25, 0.3) is 0 Å². The van der Waals surface area contributed by atoms with Gasteiger partial charge in [0, 0.05) is 19.6 Å². The number of hydrogen-bond acceptors (Lipinski definition) is 3. The number of rotatable bonds is 3. The third-order valence-corrected chi connectivity index (χ3v) is 5.29. The van der Waals surface area contributed by atoms with E-state index in [1.165, 1.54) is 0 Å². The Morgan fingerprint density at radius 3 is 2.30 bits per heavy atom. The van der Waals surface area contributed by atoms with E-state index in [-0.39, 0.29) is 11.8 Å². The maximum atomic E-state index is 12.8. The molecule has 5 nitrogen and oxygen atoms in total. The number of carboxylic acid groups (broad SMARTS) is 1. The Kier molecular flexibility index (Phi) is 4.37. The third kappa shape index (κ3) is 2.68. The summed E-state index contributed by atoms with van der Waals surface area (Å²) < 4.78 is 0. The van der Waals surface area contributed by atoms with Crippen LogP contribution in [0, 0.1) is 23.2 Å². The second kappa shape index (κ2) is 5.72. The Morgan fingerprint density at radius 1 is 1.25 bits per heavy atom. The third-order valence-electron chi connectivity index (χ3n) is 5.29. The van der Waals surface area contributed by atoms with E-state index < -0.39 is 17.3 Å². The average molecular weight is 282 g/mol. The van der Waals surface area contributed by atoms with Crippen LogP contribution in [0.2, 0.25) is 0 Å². The van der Waals surface area contributed by atoms with Gasteiger partial charge in [-0.3, -0.25) is 9.59 Å². The van der Waals surface area contributed by atoms with Gasteiger partial charge in [0.1, 0.15) is 0 Å². The minimum atomic E-state index is -0.799. The quantitative estimate of drug-likeness (QED) is 0.817. The molecule has 114 valence electrons. The molecule has 3 N–H and O–H groups in total. The number of likely N-dealkylation sites (tertiary alicyclic amines) is 1. The highest BCUT2D eigenvalue weighted by atomic mass is 16.4. The van der Waals surface area contributed by atoms with Crippen LogP contribution in [0.1, 0.15) is 39.5 Å². The van der Waals surface area contributed by atoms with E-state index in [2.05, 4.69) is 6.92 Å². The van der Waals surface area contributed by atoms with Gasteiger partial charge in [-0.2, -0.15) is 0 Å². The molecule has 2 atom stereocenters. The minimum Gasteiger partial charge on any atom is -0.481 e. The van der Waals surface area contributed by atoms with Crippen LogP contribution in [0.3, 0.4) is 0 Å². The van der Waals surface area contributed by atoms with Gasteiger partial charge < -0.3 is 15.7 Å². The smallest absolute Gasteiger partial charge is 0.308 e. The number of carboxylic acids is 1. The number of carbonyl (C=O) groups is 2. The van der Waals surface area contributed by atoms with Crippen molar-refractivity contribution >= 4 is 11.9 Å². The van der Waals surface area contributed by atoms with Crippen molar-refractivity contribution in [1.82, 2.24) is 4.90 Å². The normalized spacial score (nSPS) is 38.0. The van der Waals surface area contributed by atoms with Crippen molar-refractivity contribution in [2.75, 3.05) is 19.6 Å². The van der Waals surface area contributed by atoms with Crippen LogP contribution in [-0.2, 0) is 9.59 Å². The number of carbonyl (C=O) groups excluding carboxylic acids is 1. The molecule has 1 aliphatic carbocycles. The molecular weight excluding hydrogens is 256 g/mol. The maximum Gasteiger partial charge on any atom is 0.308 e. The van der Waals surface area contributed by atoms with E-state index in [0.29, 0.717) is 25.6 Å². The summed E-state index contributed by atoms with van der Waals surface area (Å²) in [4.78, 5) is 25.8. The van der Waals surface area contributed by atoms with Crippen LogP contribution >= 0.6 is 0 Å². The molecule has 5 heteroatoms. The van der Waals surface area contributed by atoms with E-state index in [9.17, 15) is 14.7 Å². The molecule has 1 aliphatic heterocycles. The molecule has 0 bridgehead atoms. The highest BCUT2D eigenvalue weighted by molar-refractivity contribution is 5.84. The Balaban J connectivity index is 2.08. The Bertz CT molecular complexity index is 389. The minimum absolute atomic E-state index is 0.0220. The second-order valence-corrected chi connectivity index (χ2v) is 6.80. The van der Waals surface area contributed by atoms with Crippen molar-refractivity contribution in [2.24, 2.45) is 28.9 Å². The summed E-state index contributed by atoms with van der Waals surface area (Å²) in [6.45, 7) is 5.38. The van der Waals surface area contributed by atoms with E-state index >= 15 is 0 Å². The van der Waals surface area contributed by atoms with Crippen LogP contribution in [-0.4, -0.2) is 41.5 Å². The first-order chi connectivity index (χ1) is 9.39. The van der Waals surface area contributed by atoms with E-state index in [1.54, 1.807) is 4.90 Å². The van der Waals surface area contributed by atoms with Crippen molar-refractivity contribution in [1.29, 1.82) is 0 Å². The maximum absolute atomic E-state index is 12.8. The van der Waals surface area contributed by atoms with Gasteiger partial charge >= 0.3 is 5.97 Å².